The van der Waals surface area contributed by atoms with Crippen molar-refractivity contribution >= 4 is 41.8 Å². The zero-order valence-electron chi connectivity index (χ0n) is 10.9. The van der Waals surface area contributed by atoms with Crippen LogP contribution in [0.15, 0.2) is 22.9 Å². The summed E-state index contributed by atoms with van der Waals surface area (Å²) in [7, 11) is 0. The maximum atomic E-state index is 12.1. The van der Waals surface area contributed by atoms with Crippen molar-refractivity contribution in [2.45, 2.75) is 19.8 Å². The number of hydrogen-bond donors (Lipinski definition) is 0. The smallest absolute Gasteiger partial charge is 0.297 e. The molecule has 2 aliphatic rings. The fourth-order valence-electron chi connectivity index (χ4n) is 1.79. The highest BCUT2D eigenvalue weighted by molar-refractivity contribution is 8.03. The van der Waals surface area contributed by atoms with Crippen LogP contribution in [0.25, 0.3) is 0 Å². The standard InChI is InChI=1S/C13H17N2O2S2/c1-3-4-7-15-12(16)10(17-13(15)18)5-6-11-14(2)8-9-19-11/h5-6H,2-4,7-9H2,1H3/q+1. The number of unbranched alkanes of at least 4 members (excludes halogenated alkanes) is 1. The fraction of sp³-hybridized carbons (Fsp3) is 0.462. The fourth-order valence-corrected chi connectivity index (χ4v) is 3.01. The molecule has 0 aliphatic carbocycles. The van der Waals surface area contributed by atoms with E-state index in [9.17, 15) is 4.79 Å². The molecule has 0 atom stereocenters. The highest BCUT2D eigenvalue weighted by atomic mass is 32.2. The van der Waals surface area contributed by atoms with Crippen LogP contribution in [0.5, 0.6) is 0 Å². The predicted molar refractivity (Wildman–Crippen MR) is 81.2 cm³/mol. The van der Waals surface area contributed by atoms with Crippen LogP contribution in [-0.2, 0) is 9.53 Å². The number of carbonyl (C=O) groups is 1. The molecule has 0 spiro atoms. The van der Waals surface area contributed by atoms with Crippen molar-refractivity contribution in [3.8, 4) is 0 Å². The highest BCUT2D eigenvalue weighted by Crippen LogP contribution is 2.24. The van der Waals surface area contributed by atoms with E-state index >= 15 is 0 Å². The molecule has 2 fully saturated rings. The van der Waals surface area contributed by atoms with Crippen LogP contribution in [0.1, 0.15) is 19.8 Å². The maximum absolute atomic E-state index is 12.1. The van der Waals surface area contributed by atoms with Gasteiger partial charge in [0.05, 0.1) is 5.75 Å². The summed E-state index contributed by atoms with van der Waals surface area (Å²) in [6, 6.07) is 0. The molecule has 0 bridgehead atoms. The minimum absolute atomic E-state index is 0.145. The topological polar surface area (TPSA) is 32.5 Å². The molecular formula is C13H17N2O2S2+. The first-order chi connectivity index (χ1) is 9.13. The quantitative estimate of drug-likeness (QED) is 0.452. The Morgan fingerprint density at radius 2 is 2.37 bits per heavy atom. The van der Waals surface area contributed by atoms with E-state index in [0.29, 0.717) is 12.3 Å². The van der Waals surface area contributed by atoms with Gasteiger partial charge in [-0.25, -0.2) is 0 Å². The Bertz CT molecular complexity index is 483. The van der Waals surface area contributed by atoms with E-state index in [1.165, 1.54) is 4.90 Å². The van der Waals surface area contributed by atoms with Gasteiger partial charge in [0.1, 0.15) is 6.72 Å². The van der Waals surface area contributed by atoms with Crippen molar-refractivity contribution in [2.24, 2.45) is 0 Å². The van der Waals surface area contributed by atoms with Gasteiger partial charge in [0.15, 0.2) is 12.3 Å². The molecule has 0 radical (unpaired) electrons. The highest BCUT2D eigenvalue weighted by Gasteiger charge is 2.32. The van der Waals surface area contributed by atoms with Crippen LogP contribution in [0.2, 0.25) is 0 Å². The molecule has 2 rings (SSSR count). The van der Waals surface area contributed by atoms with Crippen molar-refractivity contribution < 1.29 is 14.1 Å². The van der Waals surface area contributed by atoms with Gasteiger partial charge in [-0.1, -0.05) is 25.1 Å². The molecule has 102 valence electrons. The minimum Gasteiger partial charge on any atom is -0.426 e. The van der Waals surface area contributed by atoms with Crippen LogP contribution in [-0.4, -0.2) is 46.1 Å². The summed E-state index contributed by atoms with van der Waals surface area (Å²) >= 11 is 6.79. The lowest BCUT2D eigenvalue weighted by Gasteiger charge is -2.10. The van der Waals surface area contributed by atoms with Gasteiger partial charge in [-0.05, 0) is 24.7 Å². The molecule has 2 aliphatic heterocycles. The molecule has 4 nitrogen and oxygen atoms in total. The molecule has 0 aromatic carbocycles. The largest absolute Gasteiger partial charge is 0.426 e. The minimum atomic E-state index is -0.145. The predicted octanol–water partition coefficient (Wildman–Crippen LogP) is 2.12. The third-order valence-corrected chi connectivity index (χ3v) is 4.29. The number of hydrogen-bond acceptors (Lipinski definition) is 4. The van der Waals surface area contributed by atoms with Crippen molar-refractivity contribution in [3.05, 3.63) is 22.9 Å². The monoisotopic (exact) mass is 297 g/mol. The number of carbonyl (C=O) groups excluding carboxylic acids is 1. The molecule has 19 heavy (non-hydrogen) atoms. The molecule has 2 saturated heterocycles. The second-order valence-electron chi connectivity index (χ2n) is 4.33. The van der Waals surface area contributed by atoms with E-state index in [1.54, 1.807) is 17.8 Å². The average Bonchev–Trinajstić information content (AvgIpc) is 2.90. The number of thiocarbonyl (C=S) groups is 1. The van der Waals surface area contributed by atoms with Gasteiger partial charge in [0.25, 0.3) is 11.1 Å². The molecule has 0 N–H and O–H groups in total. The van der Waals surface area contributed by atoms with Gasteiger partial charge in [-0.3, -0.25) is 9.69 Å². The van der Waals surface area contributed by atoms with Gasteiger partial charge >= 0.3 is 0 Å². The first kappa shape index (κ1) is 14.3. The van der Waals surface area contributed by atoms with E-state index in [2.05, 4.69) is 13.6 Å². The Labute approximate surface area is 122 Å². The molecular weight excluding hydrogens is 280 g/mol. The summed E-state index contributed by atoms with van der Waals surface area (Å²) < 4.78 is 7.27. The van der Waals surface area contributed by atoms with E-state index in [1.807, 2.05) is 10.7 Å². The Kier molecular flexibility index (Phi) is 4.76. The maximum Gasteiger partial charge on any atom is 0.297 e. The van der Waals surface area contributed by atoms with Gasteiger partial charge in [0, 0.05) is 12.6 Å². The summed E-state index contributed by atoms with van der Waals surface area (Å²) in [4.78, 5) is 13.6. The van der Waals surface area contributed by atoms with Gasteiger partial charge in [-0.15, -0.1) is 0 Å². The van der Waals surface area contributed by atoms with Crippen LogP contribution in [0.4, 0.5) is 0 Å². The number of amides is 1. The summed E-state index contributed by atoms with van der Waals surface area (Å²) in [5.41, 5.74) is 0. The summed E-state index contributed by atoms with van der Waals surface area (Å²) in [5.74, 6) is 1.18. The molecule has 6 heteroatoms. The number of rotatable bonds is 4. The summed E-state index contributed by atoms with van der Waals surface area (Å²) in [6.45, 7) is 7.53. The van der Waals surface area contributed by atoms with E-state index in [0.717, 1.165) is 30.2 Å². The zero-order chi connectivity index (χ0) is 13.8. The molecule has 2 heterocycles. The second kappa shape index (κ2) is 6.34. The van der Waals surface area contributed by atoms with Crippen molar-refractivity contribution in [3.63, 3.8) is 0 Å². The van der Waals surface area contributed by atoms with Crippen LogP contribution in [0, 0.1) is 0 Å². The van der Waals surface area contributed by atoms with Crippen LogP contribution < -0.4 is 0 Å². The van der Waals surface area contributed by atoms with E-state index < -0.39 is 0 Å². The van der Waals surface area contributed by atoms with Gasteiger partial charge in [0.2, 0.25) is 5.03 Å². The third kappa shape index (κ3) is 3.25. The van der Waals surface area contributed by atoms with Crippen LogP contribution in [0.3, 0.4) is 0 Å². The number of nitrogens with zero attached hydrogens (tertiary/aromatic N) is 2. The Hall–Kier alpha value is -1.14. The van der Waals surface area contributed by atoms with E-state index in [4.69, 9.17) is 17.0 Å². The lowest BCUT2D eigenvalue weighted by Crippen LogP contribution is -2.29. The first-order valence-corrected chi connectivity index (χ1v) is 7.69. The SMILES string of the molecule is C=[N+]1CCSC1=CC=C1OC(=S)N(CCCC)C1=O. The summed E-state index contributed by atoms with van der Waals surface area (Å²) in [6.07, 6.45) is 5.49. The lowest BCUT2D eigenvalue weighted by molar-refractivity contribution is -0.443. The first-order valence-electron chi connectivity index (χ1n) is 6.30. The van der Waals surface area contributed by atoms with Crippen molar-refractivity contribution in [2.75, 3.05) is 18.8 Å². The van der Waals surface area contributed by atoms with Crippen molar-refractivity contribution in [1.82, 2.24) is 4.90 Å². The molecule has 0 unspecified atom stereocenters. The lowest BCUT2D eigenvalue weighted by atomic mass is 10.3. The zero-order valence-corrected chi connectivity index (χ0v) is 12.6. The summed E-state index contributed by atoms with van der Waals surface area (Å²) in [5, 5.41) is 1.30. The average molecular weight is 297 g/mol. The molecule has 0 aromatic heterocycles. The normalized spacial score (nSPS) is 23.8. The van der Waals surface area contributed by atoms with E-state index in [-0.39, 0.29) is 11.1 Å². The Balaban J connectivity index is 2.08. The number of allylic oxidation sites excluding steroid dienone is 2. The number of thioether (sulfide) groups is 1. The van der Waals surface area contributed by atoms with Gasteiger partial charge in [-0.2, -0.15) is 4.58 Å². The number of ether oxygens (including phenoxy) is 1. The Morgan fingerprint density at radius 3 is 3.00 bits per heavy atom. The third-order valence-electron chi connectivity index (χ3n) is 2.91. The second-order valence-corrected chi connectivity index (χ2v) is 5.79. The molecule has 0 aromatic rings. The van der Waals surface area contributed by atoms with Gasteiger partial charge < -0.3 is 4.74 Å². The molecule has 0 saturated carbocycles. The molecule has 1 amide bonds. The Morgan fingerprint density at radius 1 is 1.58 bits per heavy atom. The van der Waals surface area contributed by atoms with Crippen LogP contribution >= 0.6 is 24.0 Å². The van der Waals surface area contributed by atoms with Crippen molar-refractivity contribution in [1.29, 1.82) is 0 Å².